The Kier molecular flexibility index (Phi) is 4.46. The van der Waals surface area contributed by atoms with Crippen LogP contribution in [0.3, 0.4) is 0 Å². The standard InChI is InChI=1S/C21H24N2O3S/c1-3-16-8-10-18(11-9-16)23-20-14-27(25,26)13-19(20)22(21(23)24)12-17-7-5-4-6-15(17)2/h4-11,19-20H,3,12-14H2,1-2H3/t19-,20+/m1/s1. The van der Waals surface area contributed by atoms with E-state index >= 15 is 0 Å². The highest BCUT2D eigenvalue weighted by atomic mass is 32.2. The van der Waals surface area contributed by atoms with E-state index in [0.717, 1.165) is 23.2 Å². The number of amides is 2. The Labute approximate surface area is 160 Å². The molecule has 2 aromatic carbocycles. The first kappa shape index (κ1) is 18.0. The Morgan fingerprint density at radius 3 is 2.33 bits per heavy atom. The molecule has 2 saturated heterocycles. The van der Waals surface area contributed by atoms with Gasteiger partial charge < -0.3 is 4.90 Å². The van der Waals surface area contributed by atoms with Gasteiger partial charge in [0.25, 0.3) is 0 Å². The molecule has 2 fully saturated rings. The number of hydrogen-bond donors (Lipinski definition) is 0. The Balaban J connectivity index is 1.70. The van der Waals surface area contributed by atoms with Crippen molar-refractivity contribution in [1.29, 1.82) is 0 Å². The van der Waals surface area contributed by atoms with E-state index in [4.69, 9.17) is 0 Å². The minimum atomic E-state index is -3.15. The molecule has 2 amide bonds. The third-order valence-electron chi connectivity index (χ3n) is 5.70. The number of carbonyl (C=O) groups excluding carboxylic acids is 1. The van der Waals surface area contributed by atoms with E-state index in [1.165, 1.54) is 5.56 Å². The van der Waals surface area contributed by atoms with E-state index in [-0.39, 0.29) is 29.6 Å². The number of fused-ring (bicyclic) bond motifs is 1. The number of rotatable bonds is 4. The van der Waals surface area contributed by atoms with Crippen LogP contribution in [-0.2, 0) is 22.8 Å². The van der Waals surface area contributed by atoms with Crippen LogP contribution in [0.15, 0.2) is 48.5 Å². The molecule has 0 spiro atoms. The molecule has 0 radical (unpaired) electrons. The summed E-state index contributed by atoms with van der Waals surface area (Å²) in [7, 11) is -3.15. The number of carbonyl (C=O) groups is 1. The zero-order chi connectivity index (χ0) is 19.2. The highest BCUT2D eigenvalue weighted by Gasteiger charge is 2.53. The molecule has 5 nitrogen and oxygen atoms in total. The second-order valence-electron chi connectivity index (χ2n) is 7.44. The highest BCUT2D eigenvalue weighted by Crippen LogP contribution is 2.36. The van der Waals surface area contributed by atoms with Crippen LogP contribution in [0.5, 0.6) is 0 Å². The SMILES string of the molecule is CCc1ccc(N2C(=O)N(Cc3ccccc3C)[C@@H]3CS(=O)(=O)C[C@@H]32)cc1. The zero-order valence-corrected chi connectivity index (χ0v) is 16.4. The zero-order valence-electron chi connectivity index (χ0n) is 15.6. The summed E-state index contributed by atoms with van der Waals surface area (Å²) in [6, 6.07) is 15.1. The number of urea groups is 1. The smallest absolute Gasteiger partial charge is 0.314 e. The minimum absolute atomic E-state index is 0.0310. The van der Waals surface area contributed by atoms with E-state index in [2.05, 4.69) is 6.92 Å². The number of aryl methyl sites for hydroxylation is 2. The second-order valence-corrected chi connectivity index (χ2v) is 9.59. The monoisotopic (exact) mass is 384 g/mol. The van der Waals surface area contributed by atoms with Crippen LogP contribution in [0.25, 0.3) is 0 Å². The van der Waals surface area contributed by atoms with Gasteiger partial charge in [-0.1, -0.05) is 43.3 Å². The molecular formula is C21H24N2O3S. The van der Waals surface area contributed by atoms with Crippen LogP contribution in [-0.4, -0.2) is 42.9 Å². The molecule has 0 N–H and O–H groups in total. The van der Waals surface area contributed by atoms with Gasteiger partial charge >= 0.3 is 6.03 Å². The maximum Gasteiger partial charge on any atom is 0.325 e. The molecule has 2 aliphatic rings. The summed E-state index contributed by atoms with van der Waals surface area (Å²) >= 11 is 0. The first-order valence-corrected chi connectivity index (χ1v) is 11.2. The lowest BCUT2D eigenvalue weighted by molar-refractivity contribution is 0.205. The van der Waals surface area contributed by atoms with Gasteiger partial charge in [0, 0.05) is 12.2 Å². The number of hydrogen-bond acceptors (Lipinski definition) is 3. The average molecular weight is 385 g/mol. The lowest BCUT2D eigenvalue weighted by Gasteiger charge is -2.23. The largest absolute Gasteiger partial charge is 0.325 e. The van der Waals surface area contributed by atoms with Gasteiger partial charge in [-0.05, 0) is 42.2 Å². The van der Waals surface area contributed by atoms with Crippen molar-refractivity contribution in [2.75, 3.05) is 16.4 Å². The summed E-state index contributed by atoms with van der Waals surface area (Å²) in [5, 5.41) is 0. The van der Waals surface area contributed by atoms with E-state index in [0.29, 0.717) is 6.54 Å². The van der Waals surface area contributed by atoms with Crippen molar-refractivity contribution in [1.82, 2.24) is 4.90 Å². The van der Waals surface area contributed by atoms with E-state index in [1.54, 1.807) is 9.80 Å². The fraction of sp³-hybridized carbons (Fsp3) is 0.381. The van der Waals surface area contributed by atoms with Crippen molar-refractivity contribution in [3.8, 4) is 0 Å². The molecule has 6 heteroatoms. The maximum absolute atomic E-state index is 13.3. The van der Waals surface area contributed by atoms with Gasteiger partial charge in [0.2, 0.25) is 0 Å². The lowest BCUT2D eigenvalue weighted by atomic mass is 10.1. The molecule has 0 aliphatic carbocycles. The average Bonchev–Trinajstić information content (AvgIpc) is 3.07. The number of nitrogens with zero attached hydrogens (tertiary/aromatic N) is 2. The molecular weight excluding hydrogens is 360 g/mol. The van der Waals surface area contributed by atoms with Crippen LogP contribution < -0.4 is 4.90 Å². The molecule has 0 aromatic heterocycles. The van der Waals surface area contributed by atoms with Gasteiger partial charge in [0.1, 0.15) is 0 Å². The maximum atomic E-state index is 13.3. The third-order valence-corrected chi connectivity index (χ3v) is 7.40. The molecule has 0 saturated carbocycles. The summed E-state index contributed by atoms with van der Waals surface area (Å²) < 4.78 is 24.7. The van der Waals surface area contributed by atoms with Crippen LogP contribution >= 0.6 is 0 Å². The predicted molar refractivity (Wildman–Crippen MR) is 107 cm³/mol. The molecule has 2 aliphatic heterocycles. The number of anilines is 1. The highest BCUT2D eigenvalue weighted by molar-refractivity contribution is 7.91. The molecule has 142 valence electrons. The quantitative estimate of drug-likeness (QED) is 0.761. The molecule has 0 bridgehead atoms. The third kappa shape index (κ3) is 3.23. The van der Waals surface area contributed by atoms with Crippen molar-refractivity contribution >= 4 is 21.6 Å². The van der Waals surface area contributed by atoms with E-state index in [1.807, 2.05) is 55.5 Å². The fourth-order valence-corrected chi connectivity index (χ4v) is 6.08. The van der Waals surface area contributed by atoms with E-state index in [9.17, 15) is 13.2 Å². The van der Waals surface area contributed by atoms with Crippen LogP contribution in [0, 0.1) is 6.92 Å². The van der Waals surface area contributed by atoms with Crippen LogP contribution in [0.2, 0.25) is 0 Å². The summed E-state index contributed by atoms with van der Waals surface area (Å²) in [5.74, 6) is 0.0715. The van der Waals surface area contributed by atoms with Gasteiger partial charge in [-0.15, -0.1) is 0 Å². The van der Waals surface area contributed by atoms with Crippen molar-refractivity contribution in [3.05, 3.63) is 65.2 Å². The second kappa shape index (κ2) is 6.68. The van der Waals surface area contributed by atoms with Crippen LogP contribution in [0.1, 0.15) is 23.6 Å². The topological polar surface area (TPSA) is 57.7 Å². The normalized spacial score (nSPS) is 23.7. The molecule has 0 unspecified atom stereocenters. The Morgan fingerprint density at radius 1 is 1.00 bits per heavy atom. The fourth-order valence-electron chi connectivity index (χ4n) is 4.13. The van der Waals surface area contributed by atoms with Gasteiger partial charge in [0.15, 0.2) is 9.84 Å². The Hall–Kier alpha value is -2.34. The van der Waals surface area contributed by atoms with Crippen molar-refractivity contribution in [2.24, 2.45) is 0 Å². The van der Waals surface area contributed by atoms with Gasteiger partial charge in [-0.25, -0.2) is 13.2 Å². The van der Waals surface area contributed by atoms with E-state index < -0.39 is 9.84 Å². The molecule has 27 heavy (non-hydrogen) atoms. The minimum Gasteiger partial charge on any atom is -0.314 e. The first-order chi connectivity index (χ1) is 12.9. The van der Waals surface area contributed by atoms with Gasteiger partial charge in [0.05, 0.1) is 23.6 Å². The Morgan fingerprint density at radius 2 is 1.67 bits per heavy atom. The Bertz CT molecular complexity index is 969. The van der Waals surface area contributed by atoms with Crippen LogP contribution in [0.4, 0.5) is 10.5 Å². The number of benzene rings is 2. The lowest BCUT2D eigenvalue weighted by Crippen LogP contribution is -2.37. The summed E-state index contributed by atoms with van der Waals surface area (Å²) in [6.07, 6.45) is 0.925. The summed E-state index contributed by atoms with van der Waals surface area (Å²) in [5.41, 5.74) is 4.12. The summed E-state index contributed by atoms with van der Waals surface area (Å²) in [6.45, 7) is 4.53. The molecule has 2 aromatic rings. The molecule has 2 heterocycles. The van der Waals surface area contributed by atoms with Gasteiger partial charge in [-0.2, -0.15) is 0 Å². The van der Waals surface area contributed by atoms with Gasteiger partial charge in [-0.3, -0.25) is 4.90 Å². The van der Waals surface area contributed by atoms with Crippen molar-refractivity contribution in [3.63, 3.8) is 0 Å². The molecule has 2 atom stereocenters. The summed E-state index contributed by atoms with van der Waals surface area (Å²) in [4.78, 5) is 16.7. The van der Waals surface area contributed by atoms with Crippen molar-refractivity contribution < 1.29 is 13.2 Å². The first-order valence-electron chi connectivity index (χ1n) is 9.33. The molecule has 4 rings (SSSR count). The predicted octanol–water partition coefficient (Wildman–Crippen LogP) is 3.17. The number of sulfone groups is 1. The van der Waals surface area contributed by atoms with Crippen molar-refractivity contribution in [2.45, 2.75) is 38.9 Å².